The fraction of sp³-hybridized carbons (Fsp3) is 0.500. The van der Waals surface area contributed by atoms with Gasteiger partial charge in [-0.25, -0.2) is 0 Å². The van der Waals surface area contributed by atoms with Crippen molar-refractivity contribution in [2.45, 2.75) is 6.92 Å². The minimum atomic E-state index is -0.461. The van der Waals surface area contributed by atoms with Gasteiger partial charge in [0.05, 0.1) is 6.61 Å². The van der Waals surface area contributed by atoms with E-state index < -0.39 is 5.97 Å². The first-order chi connectivity index (χ1) is 2.77. The maximum absolute atomic E-state index is 9.71. The van der Waals surface area contributed by atoms with Crippen molar-refractivity contribution >= 4 is 5.97 Å². The quantitative estimate of drug-likeness (QED) is 0.386. The minimum Gasteiger partial charge on any atom is -0.489 e. The molecule has 1 radical (unpaired) electrons. The summed E-state index contributed by atoms with van der Waals surface area (Å²) in [5.74, 6) is -0.461. The van der Waals surface area contributed by atoms with Crippen LogP contribution in [0, 0.1) is 6.92 Å². The fourth-order valence-corrected chi connectivity index (χ4v) is 0.161. The Balaban J connectivity index is 0. The average molecular weight is 138 g/mol. The second-order valence-corrected chi connectivity index (χ2v) is 0.805. The summed E-state index contributed by atoms with van der Waals surface area (Å²) in [4.78, 5) is 9.71. The molecule has 2 nitrogen and oxygen atoms in total. The molecule has 0 fully saturated rings. The minimum absolute atomic E-state index is 0. The van der Waals surface area contributed by atoms with Crippen LogP contribution < -0.4 is 0 Å². The van der Waals surface area contributed by atoms with Gasteiger partial charge in [-0.1, -0.05) is 0 Å². The molecule has 41 valence electrons. The van der Waals surface area contributed by atoms with E-state index >= 15 is 0 Å². The third-order valence-corrected chi connectivity index (χ3v) is 0.305. The zero-order valence-corrected chi connectivity index (χ0v) is 5.57. The van der Waals surface area contributed by atoms with Gasteiger partial charge >= 0.3 is 0 Å². The summed E-state index contributed by atoms with van der Waals surface area (Å²) in [6.45, 7) is 5.13. The molecule has 0 aromatic carbocycles. The van der Waals surface area contributed by atoms with E-state index in [1.54, 1.807) is 6.92 Å². The van der Waals surface area contributed by atoms with Crippen molar-refractivity contribution in [2.24, 2.45) is 0 Å². The summed E-state index contributed by atoms with van der Waals surface area (Å²) in [6.07, 6.45) is 0. The summed E-state index contributed by atoms with van der Waals surface area (Å²) in [6, 6.07) is 0. The Morgan fingerprint density at radius 3 is 2.29 bits per heavy atom. The van der Waals surface area contributed by atoms with Crippen LogP contribution in [0.5, 0.6) is 0 Å². The van der Waals surface area contributed by atoms with Crippen molar-refractivity contribution in [3.8, 4) is 0 Å². The SMILES string of the molecule is [CH2-]C(=O)OCC.[V]. The van der Waals surface area contributed by atoms with Crippen molar-refractivity contribution in [1.82, 2.24) is 0 Å². The number of hydrogen-bond donors (Lipinski definition) is 0. The maximum Gasteiger partial charge on any atom is 0.164 e. The second kappa shape index (κ2) is 5.92. The van der Waals surface area contributed by atoms with Crippen molar-refractivity contribution in [3.63, 3.8) is 0 Å². The van der Waals surface area contributed by atoms with Crippen LogP contribution >= 0.6 is 0 Å². The van der Waals surface area contributed by atoms with Gasteiger partial charge < -0.3 is 4.74 Å². The molecule has 0 aromatic heterocycles. The molecule has 0 rings (SSSR count). The molecule has 7 heavy (non-hydrogen) atoms. The van der Waals surface area contributed by atoms with Crippen LogP contribution in [-0.4, -0.2) is 12.6 Å². The number of rotatable bonds is 1. The summed E-state index contributed by atoms with van der Waals surface area (Å²) in [7, 11) is 0. The zero-order chi connectivity index (χ0) is 4.99. The van der Waals surface area contributed by atoms with E-state index in [1.165, 1.54) is 0 Å². The van der Waals surface area contributed by atoms with Gasteiger partial charge in [0.15, 0.2) is 5.97 Å². The van der Waals surface area contributed by atoms with Crippen LogP contribution in [0.25, 0.3) is 0 Å². The zero-order valence-electron chi connectivity index (χ0n) is 4.18. The Hall–Kier alpha value is -0.0756. The van der Waals surface area contributed by atoms with E-state index in [-0.39, 0.29) is 18.6 Å². The number of carbonyl (C=O) groups is 1. The number of hydrogen-bond acceptors (Lipinski definition) is 2. The van der Waals surface area contributed by atoms with Crippen LogP contribution in [0.15, 0.2) is 0 Å². The first kappa shape index (κ1) is 10.0. The molecule has 0 aromatic rings. The van der Waals surface area contributed by atoms with Crippen LogP contribution in [0.3, 0.4) is 0 Å². The third kappa shape index (κ3) is 10.7. The molecule has 0 spiro atoms. The Bertz CT molecular complexity index is 53.7. The van der Waals surface area contributed by atoms with E-state index in [2.05, 4.69) is 11.7 Å². The first-order valence-electron chi connectivity index (χ1n) is 1.76. The van der Waals surface area contributed by atoms with Crippen LogP contribution in [-0.2, 0) is 28.1 Å². The number of esters is 1. The van der Waals surface area contributed by atoms with Gasteiger partial charge in [-0.3, -0.25) is 11.7 Å². The van der Waals surface area contributed by atoms with Gasteiger partial charge in [0.1, 0.15) is 0 Å². The van der Waals surface area contributed by atoms with Crippen molar-refractivity contribution in [2.75, 3.05) is 6.61 Å². The monoisotopic (exact) mass is 138 g/mol. The molecule has 0 heterocycles. The molecular formula is C4H7O2V-. The Morgan fingerprint density at radius 1 is 1.86 bits per heavy atom. The van der Waals surface area contributed by atoms with Gasteiger partial charge in [-0.2, -0.15) is 0 Å². The van der Waals surface area contributed by atoms with Gasteiger partial charge in [0.25, 0.3) is 0 Å². The number of carbonyl (C=O) groups excluding carboxylic acids is 1. The predicted molar refractivity (Wildman–Crippen MR) is 22.0 cm³/mol. The summed E-state index contributed by atoms with van der Waals surface area (Å²) < 4.78 is 4.29. The Kier molecular flexibility index (Phi) is 8.48. The summed E-state index contributed by atoms with van der Waals surface area (Å²) in [5, 5.41) is 0. The van der Waals surface area contributed by atoms with Crippen LogP contribution in [0.2, 0.25) is 0 Å². The van der Waals surface area contributed by atoms with E-state index in [1.807, 2.05) is 0 Å². The first-order valence-corrected chi connectivity index (χ1v) is 1.76. The standard InChI is InChI=1S/C4H7O2.V/c1-3-6-4(2)5;/h2-3H2,1H3;/q-1;. The van der Waals surface area contributed by atoms with Crippen molar-refractivity contribution in [1.29, 1.82) is 0 Å². The molecule has 0 aliphatic rings. The second-order valence-electron chi connectivity index (χ2n) is 0.805. The smallest absolute Gasteiger partial charge is 0.164 e. The number of ether oxygens (including phenoxy) is 1. The molecule has 0 aliphatic heterocycles. The van der Waals surface area contributed by atoms with E-state index in [9.17, 15) is 4.79 Å². The molecule has 0 bridgehead atoms. The molecule has 0 unspecified atom stereocenters. The van der Waals surface area contributed by atoms with Gasteiger partial charge in [-0.15, -0.1) is 0 Å². The van der Waals surface area contributed by atoms with Gasteiger partial charge in [0, 0.05) is 18.6 Å². The topological polar surface area (TPSA) is 26.3 Å². The van der Waals surface area contributed by atoms with Crippen LogP contribution in [0.1, 0.15) is 6.92 Å². The molecule has 0 atom stereocenters. The van der Waals surface area contributed by atoms with Crippen molar-refractivity contribution < 1.29 is 28.1 Å². The molecule has 0 amide bonds. The molecule has 0 saturated heterocycles. The summed E-state index contributed by atoms with van der Waals surface area (Å²) >= 11 is 0. The van der Waals surface area contributed by atoms with Gasteiger partial charge in [-0.05, 0) is 6.92 Å². The Labute approximate surface area is 55.1 Å². The van der Waals surface area contributed by atoms with E-state index in [4.69, 9.17) is 0 Å². The third-order valence-electron chi connectivity index (χ3n) is 0.305. The molecule has 0 saturated carbocycles. The normalized spacial score (nSPS) is 6.43. The molecule has 0 N–H and O–H groups in total. The van der Waals surface area contributed by atoms with E-state index in [0.29, 0.717) is 6.61 Å². The maximum atomic E-state index is 9.71. The van der Waals surface area contributed by atoms with Gasteiger partial charge in [0.2, 0.25) is 0 Å². The molecular weight excluding hydrogens is 131 g/mol. The molecule has 3 heteroatoms. The average Bonchev–Trinajstić information content (AvgIpc) is 1.35. The summed E-state index contributed by atoms with van der Waals surface area (Å²) in [5.41, 5.74) is 0. The fourth-order valence-electron chi connectivity index (χ4n) is 0.161. The van der Waals surface area contributed by atoms with E-state index in [0.717, 1.165) is 0 Å². The van der Waals surface area contributed by atoms with Crippen molar-refractivity contribution in [3.05, 3.63) is 6.92 Å². The largest absolute Gasteiger partial charge is 0.489 e. The predicted octanol–water partition coefficient (Wildman–Crippen LogP) is 0.381. The van der Waals surface area contributed by atoms with Crippen LogP contribution in [0.4, 0.5) is 0 Å². The molecule has 0 aliphatic carbocycles. The Morgan fingerprint density at radius 2 is 2.29 bits per heavy atom.